The molecule has 2 atom stereocenters. The van der Waals surface area contributed by atoms with E-state index in [0.717, 1.165) is 48.0 Å². The SMILES string of the molecule is COCCN(CCCC(=O)c1nc(NC(=O)N[C@H]2CC[C@@H](Oc3ccc4nnc(C(C)(C)C)n4c3)c3ccccc32)cc(C(C)(C)C)n1)CCOC. The Morgan fingerprint density at radius 2 is 1.60 bits per heavy atom. The quantitative estimate of drug-likeness (QED) is 0.132. The summed E-state index contributed by atoms with van der Waals surface area (Å²) < 4.78 is 19.0. The minimum atomic E-state index is -0.407. The number of anilines is 1. The molecule has 1 aliphatic carbocycles. The second-order valence-electron chi connectivity index (χ2n) is 15.4. The van der Waals surface area contributed by atoms with Crippen molar-refractivity contribution in [3.05, 3.63) is 77.1 Å². The third-order valence-corrected chi connectivity index (χ3v) is 9.15. The number of benzene rings is 1. The topological polar surface area (TPSA) is 145 Å². The molecule has 1 aromatic carbocycles. The predicted octanol–water partition coefficient (Wildman–Crippen LogP) is 6.45. The number of urea groups is 1. The number of hydrogen-bond donors (Lipinski definition) is 2. The number of pyridine rings is 1. The molecule has 3 aromatic heterocycles. The number of carbonyl (C=O) groups is 2. The van der Waals surface area contributed by atoms with Crippen molar-refractivity contribution in [2.45, 2.75) is 90.2 Å². The van der Waals surface area contributed by atoms with Gasteiger partial charge in [-0.3, -0.25) is 19.4 Å². The highest BCUT2D eigenvalue weighted by Crippen LogP contribution is 2.39. The van der Waals surface area contributed by atoms with Crippen molar-refractivity contribution in [1.82, 2.24) is 34.8 Å². The van der Waals surface area contributed by atoms with Gasteiger partial charge in [-0.15, -0.1) is 10.2 Å². The van der Waals surface area contributed by atoms with Crippen molar-refractivity contribution in [2.24, 2.45) is 0 Å². The lowest BCUT2D eigenvalue weighted by molar-refractivity contribution is 0.0945. The van der Waals surface area contributed by atoms with Crippen LogP contribution in [0.4, 0.5) is 10.6 Å². The van der Waals surface area contributed by atoms with E-state index in [1.54, 1.807) is 20.3 Å². The van der Waals surface area contributed by atoms with Crippen LogP contribution in [0.3, 0.4) is 0 Å². The Balaban J connectivity index is 1.26. The number of ether oxygens (including phenoxy) is 3. The van der Waals surface area contributed by atoms with Gasteiger partial charge in [0.1, 0.15) is 23.5 Å². The maximum atomic E-state index is 13.5. The fourth-order valence-electron chi connectivity index (χ4n) is 6.32. The van der Waals surface area contributed by atoms with E-state index in [1.807, 2.05) is 61.7 Å². The molecule has 52 heavy (non-hydrogen) atoms. The molecule has 1 aliphatic rings. The van der Waals surface area contributed by atoms with E-state index in [1.165, 1.54) is 0 Å². The number of ketones is 1. The lowest BCUT2D eigenvalue weighted by Gasteiger charge is -2.32. The first kappa shape index (κ1) is 38.8. The molecule has 0 saturated heterocycles. The van der Waals surface area contributed by atoms with Crippen LogP contribution in [-0.2, 0) is 20.3 Å². The van der Waals surface area contributed by atoms with Gasteiger partial charge < -0.3 is 19.5 Å². The smallest absolute Gasteiger partial charge is 0.320 e. The summed E-state index contributed by atoms with van der Waals surface area (Å²) in [4.78, 5) is 38.2. The van der Waals surface area contributed by atoms with Gasteiger partial charge in [0.25, 0.3) is 0 Å². The number of nitrogens with zero attached hydrogens (tertiary/aromatic N) is 6. The molecule has 5 rings (SSSR count). The zero-order valence-corrected chi connectivity index (χ0v) is 31.9. The molecular weight excluding hydrogens is 660 g/mol. The van der Waals surface area contributed by atoms with E-state index >= 15 is 0 Å². The summed E-state index contributed by atoms with van der Waals surface area (Å²) in [6.07, 6.45) is 4.04. The van der Waals surface area contributed by atoms with Crippen molar-refractivity contribution in [3.63, 3.8) is 0 Å². The number of Topliss-reactive ketones (excluding diaryl/α,β-unsaturated/α-hetero) is 1. The Morgan fingerprint density at radius 1 is 0.885 bits per heavy atom. The number of rotatable bonds is 15. The van der Waals surface area contributed by atoms with Gasteiger partial charge in [0.2, 0.25) is 0 Å². The monoisotopic (exact) mass is 714 g/mol. The average Bonchev–Trinajstić information content (AvgIpc) is 3.54. The predicted molar refractivity (Wildman–Crippen MR) is 200 cm³/mol. The highest BCUT2D eigenvalue weighted by molar-refractivity contribution is 5.94. The molecule has 13 heteroatoms. The second kappa shape index (κ2) is 16.9. The summed E-state index contributed by atoms with van der Waals surface area (Å²) in [5.41, 5.74) is 2.91. The summed E-state index contributed by atoms with van der Waals surface area (Å²) >= 11 is 0. The average molecular weight is 715 g/mol. The van der Waals surface area contributed by atoms with E-state index in [2.05, 4.69) is 62.5 Å². The highest BCUT2D eigenvalue weighted by atomic mass is 16.5. The summed E-state index contributed by atoms with van der Waals surface area (Å²) in [6, 6.07) is 13.0. The van der Waals surface area contributed by atoms with Crippen LogP contribution in [0, 0.1) is 0 Å². The fourth-order valence-corrected chi connectivity index (χ4v) is 6.32. The summed E-state index contributed by atoms with van der Waals surface area (Å²) in [6.45, 7) is 15.8. The molecule has 0 bridgehead atoms. The molecule has 0 saturated carbocycles. The summed E-state index contributed by atoms with van der Waals surface area (Å²) in [5.74, 6) is 1.80. The van der Waals surface area contributed by atoms with Gasteiger partial charge >= 0.3 is 6.03 Å². The maximum absolute atomic E-state index is 13.5. The maximum Gasteiger partial charge on any atom is 0.320 e. The van der Waals surface area contributed by atoms with Crippen LogP contribution >= 0.6 is 0 Å². The molecule has 13 nitrogen and oxygen atoms in total. The molecule has 4 aromatic rings. The van der Waals surface area contributed by atoms with Gasteiger partial charge in [-0.1, -0.05) is 65.8 Å². The Labute approximate surface area is 306 Å². The van der Waals surface area contributed by atoms with Gasteiger partial charge in [0.15, 0.2) is 17.3 Å². The number of nitrogens with one attached hydrogen (secondary N) is 2. The minimum Gasteiger partial charge on any atom is -0.484 e. The fraction of sp³-hybridized carbons (Fsp3) is 0.538. The molecule has 0 unspecified atom stereocenters. The lowest BCUT2D eigenvalue weighted by Crippen LogP contribution is -2.36. The van der Waals surface area contributed by atoms with Crippen LogP contribution in [0.5, 0.6) is 5.75 Å². The number of aromatic nitrogens is 5. The lowest BCUT2D eigenvalue weighted by atomic mass is 9.85. The first-order chi connectivity index (χ1) is 24.8. The van der Waals surface area contributed by atoms with E-state index in [4.69, 9.17) is 14.2 Å². The number of carbonyl (C=O) groups excluding carboxylic acids is 2. The number of hydrogen-bond acceptors (Lipinski definition) is 10. The number of amides is 2. The summed E-state index contributed by atoms with van der Waals surface area (Å²) in [7, 11) is 3.35. The van der Waals surface area contributed by atoms with Crippen molar-refractivity contribution in [1.29, 1.82) is 0 Å². The normalized spacial score (nSPS) is 16.2. The van der Waals surface area contributed by atoms with E-state index in [0.29, 0.717) is 38.2 Å². The van der Waals surface area contributed by atoms with Crippen molar-refractivity contribution < 1.29 is 23.8 Å². The zero-order chi connectivity index (χ0) is 37.5. The summed E-state index contributed by atoms with van der Waals surface area (Å²) in [5, 5.41) is 14.8. The van der Waals surface area contributed by atoms with E-state index in [-0.39, 0.29) is 46.8 Å². The van der Waals surface area contributed by atoms with Crippen LogP contribution in [0.15, 0.2) is 48.7 Å². The van der Waals surface area contributed by atoms with Crippen molar-refractivity contribution >= 4 is 23.3 Å². The Kier molecular flexibility index (Phi) is 12.6. The van der Waals surface area contributed by atoms with E-state index < -0.39 is 6.03 Å². The third kappa shape index (κ3) is 9.90. The molecule has 3 heterocycles. The van der Waals surface area contributed by atoms with E-state index in [9.17, 15) is 9.59 Å². The third-order valence-electron chi connectivity index (χ3n) is 9.15. The molecular formula is C39H54N8O5. The second-order valence-corrected chi connectivity index (χ2v) is 15.4. The number of methoxy groups -OCH3 is 2. The van der Waals surface area contributed by atoms with Crippen LogP contribution < -0.4 is 15.4 Å². The first-order valence-corrected chi connectivity index (χ1v) is 18.1. The Bertz CT molecular complexity index is 1820. The molecule has 2 N–H and O–H groups in total. The van der Waals surface area contributed by atoms with Gasteiger partial charge in [0.05, 0.1) is 31.1 Å². The van der Waals surface area contributed by atoms with Crippen LogP contribution in [0.25, 0.3) is 5.65 Å². The van der Waals surface area contributed by atoms with Crippen LogP contribution in [-0.4, -0.2) is 88.3 Å². The Morgan fingerprint density at radius 3 is 2.27 bits per heavy atom. The first-order valence-electron chi connectivity index (χ1n) is 18.1. The molecule has 0 spiro atoms. The molecule has 280 valence electrons. The highest BCUT2D eigenvalue weighted by Gasteiger charge is 2.30. The zero-order valence-electron chi connectivity index (χ0n) is 31.9. The molecule has 0 fully saturated rings. The largest absolute Gasteiger partial charge is 0.484 e. The molecule has 2 amide bonds. The Hall–Kier alpha value is -4.46. The van der Waals surface area contributed by atoms with Crippen LogP contribution in [0.2, 0.25) is 0 Å². The minimum absolute atomic E-state index is 0.102. The van der Waals surface area contributed by atoms with Gasteiger partial charge in [0, 0.05) is 50.6 Å². The van der Waals surface area contributed by atoms with Crippen LogP contribution in [0.1, 0.15) is 113 Å². The van der Waals surface area contributed by atoms with Crippen molar-refractivity contribution in [2.75, 3.05) is 52.4 Å². The molecule has 0 radical (unpaired) electrons. The van der Waals surface area contributed by atoms with Gasteiger partial charge in [-0.25, -0.2) is 14.8 Å². The van der Waals surface area contributed by atoms with Gasteiger partial charge in [-0.2, -0.15) is 0 Å². The van der Waals surface area contributed by atoms with Gasteiger partial charge in [-0.05, 0) is 49.1 Å². The van der Waals surface area contributed by atoms with Crippen molar-refractivity contribution in [3.8, 4) is 5.75 Å². The standard InChI is InChI=1S/C39H54N8O5/c1-38(2,3)32-24-33(42-35(41-32)30(48)14-11-19-46(20-22-50-7)21-23-51-8)43-37(49)40-29-16-17-31(28-13-10-9-12-27(28)29)52-26-15-18-34-44-45-36(39(4,5)6)47(34)25-26/h9-10,12-13,15,18,24-25,29,31H,11,14,16-17,19-23H2,1-8H3,(H2,40,41,42,43,49)/t29-,31+/m0/s1. The molecule has 0 aliphatic heterocycles. The number of fused-ring (bicyclic) bond motifs is 2.